The van der Waals surface area contributed by atoms with Gasteiger partial charge in [0.05, 0.1) is 6.42 Å². The molecule has 1 N–H and O–H groups in total. The second-order valence-electron chi connectivity index (χ2n) is 6.93. The van der Waals surface area contributed by atoms with Gasteiger partial charge in [0.25, 0.3) is 5.91 Å². The molecule has 26 heavy (non-hydrogen) atoms. The molecule has 0 radical (unpaired) electrons. The van der Waals surface area contributed by atoms with Gasteiger partial charge in [0.1, 0.15) is 10.7 Å². The fourth-order valence-corrected chi connectivity index (χ4v) is 4.68. The number of carboxylic acid groups (broad SMARTS) is 1. The smallest absolute Gasteiger partial charge is 0.305 e. The standard InChI is InChI=1S/C17H26N2O6S/c1-12(2)11-18(9-6-16(20)21)17(22)14-10-15(13(3)25-14)26(23,24)19-7-4-5-8-19/h10,12H,4-9,11H2,1-3H3,(H,20,21). The van der Waals surface area contributed by atoms with Gasteiger partial charge in [-0.05, 0) is 25.7 Å². The van der Waals surface area contributed by atoms with Gasteiger partial charge in [-0.15, -0.1) is 0 Å². The molecule has 0 unspecified atom stereocenters. The topological polar surface area (TPSA) is 108 Å². The van der Waals surface area contributed by atoms with Gasteiger partial charge in [-0.2, -0.15) is 4.31 Å². The summed E-state index contributed by atoms with van der Waals surface area (Å²) in [4.78, 5) is 25.0. The molecule has 0 saturated carbocycles. The molecular weight excluding hydrogens is 360 g/mol. The number of hydrogen-bond acceptors (Lipinski definition) is 5. The predicted octanol–water partition coefficient (Wildman–Crippen LogP) is 1.95. The number of sulfonamides is 1. The third-order valence-electron chi connectivity index (χ3n) is 4.23. The Morgan fingerprint density at radius 1 is 1.31 bits per heavy atom. The maximum atomic E-state index is 12.7. The van der Waals surface area contributed by atoms with Gasteiger partial charge in [0.15, 0.2) is 5.76 Å². The predicted molar refractivity (Wildman–Crippen MR) is 94.4 cm³/mol. The zero-order valence-corrected chi connectivity index (χ0v) is 16.2. The van der Waals surface area contributed by atoms with E-state index in [0.29, 0.717) is 19.6 Å². The molecule has 8 nitrogen and oxygen atoms in total. The lowest BCUT2D eigenvalue weighted by molar-refractivity contribution is -0.137. The van der Waals surface area contributed by atoms with Gasteiger partial charge in [-0.3, -0.25) is 9.59 Å². The van der Waals surface area contributed by atoms with E-state index >= 15 is 0 Å². The van der Waals surface area contributed by atoms with Crippen molar-refractivity contribution in [3.8, 4) is 0 Å². The van der Waals surface area contributed by atoms with E-state index in [9.17, 15) is 18.0 Å². The highest BCUT2D eigenvalue weighted by Crippen LogP contribution is 2.27. The van der Waals surface area contributed by atoms with Crippen molar-refractivity contribution in [3.05, 3.63) is 17.6 Å². The highest BCUT2D eigenvalue weighted by Gasteiger charge is 2.32. The van der Waals surface area contributed by atoms with Gasteiger partial charge >= 0.3 is 5.97 Å². The van der Waals surface area contributed by atoms with Crippen LogP contribution in [0.4, 0.5) is 0 Å². The number of aliphatic carboxylic acids is 1. The first-order valence-corrected chi connectivity index (χ1v) is 10.2. The van der Waals surface area contributed by atoms with Crippen LogP contribution in [0.5, 0.6) is 0 Å². The summed E-state index contributed by atoms with van der Waals surface area (Å²) in [6.45, 7) is 6.68. The SMILES string of the molecule is Cc1oc(C(=O)N(CCC(=O)O)CC(C)C)cc1S(=O)(=O)N1CCCC1. The highest BCUT2D eigenvalue weighted by molar-refractivity contribution is 7.89. The minimum atomic E-state index is -3.68. The van der Waals surface area contributed by atoms with E-state index in [2.05, 4.69) is 0 Å². The molecule has 2 heterocycles. The molecule has 1 aromatic rings. The van der Waals surface area contributed by atoms with Crippen molar-refractivity contribution in [3.63, 3.8) is 0 Å². The lowest BCUT2D eigenvalue weighted by Crippen LogP contribution is -2.35. The number of carbonyl (C=O) groups is 2. The van der Waals surface area contributed by atoms with Gasteiger partial charge in [0.2, 0.25) is 10.0 Å². The van der Waals surface area contributed by atoms with E-state index in [-0.39, 0.29) is 35.3 Å². The van der Waals surface area contributed by atoms with Crippen LogP contribution in [-0.4, -0.2) is 60.8 Å². The molecule has 1 amide bonds. The molecule has 0 aliphatic carbocycles. The Labute approximate surface area is 153 Å². The molecule has 1 aromatic heterocycles. The molecule has 1 saturated heterocycles. The van der Waals surface area contributed by atoms with Crippen LogP contribution in [0.1, 0.15) is 49.4 Å². The van der Waals surface area contributed by atoms with Crippen molar-refractivity contribution < 1.29 is 27.5 Å². The number of nitrogens with zero attached hydrogens (tertiary/aromatic N) is 2. The number of hydrogen-bond donors (Lipinski definition) is 1. The largest absolute Gasteiger partial charge is 0.481 e. The Hall–Kier alpha value is -1.87. The van der Waals surface area contributed by atoms with Crippen LogP contribution in [0.15, 0.2) is 15.4 Å². The van der Waals surface area contributed by atoms with Crippen LogP contribution in [-0.2, 0) is 14.8 Å². The summed E-state index contributed by atoms with van der Waals surface area (Å²) in [5.74, 6) is -1.27. The first-order valence-electron chi connectivity index (χ1n) is 8.74. The van der Waals surface area contributed by atoms with Crippen LogP contribution in [0.25, 0.3) is 0 Å². The maximum Gasteiger partial charge on any atom is 0.305 e. The Balaban J connectivity index is 2.26. The first-order chi connectivity index (χ1) is 12.1. The zero-order chi connectivity index (χ0) is 19.5. The van der Waals surface area contributed by atoms with Gasteiger partial charge in [-0.1, -0.05) is 13.8 Å². The third kappa shape index (κ3) is 4.64. The summed E-state index contributed by atoms with van der Waals surface area (Å²) in [6, 6.07) is 1.26. The minimum absolute atomic E-state index is 0.00508. The summed E-state index contributed by atoms with van der Waals surface area (Å²) in [5.41, 5.74) is 0. The second kappa shape index (κ2) is 8.22. The fourth-order valence-electron chi connectivity index (χ4n) is 3.00. The summed E-state index contributed by atoms with van der Waals surface area (Å²) in [7, 11) is -3.68. The van der Waals surface area contributed by atoms with E-state index in [1.807, 2.05) is 13.8 Å². The van der Waals surface area contributed by atoms with Crippen LogP contribution >= 0.6 is 0 Å². The van der Waals surface area contributed by atoms with E-state index < -0.39 is 21.9 Å². The molecule has 0 bridgehead atoms. The van der Waals surface area contributed by atoms with E-state index in [0.717, 1.165) is 12.8 Å². The first kappa shape index (κ1) is 20.4. The van der Waals surface area contributed by atoms with Gasteiger partial charge < -0.3 is 14.4 Å². The lowest BCUT2D eigenvalue weighted by Gasteiger charge is -2.22. The van der Waals surface area contributed by atoms with Crippen molar-refractivity contribution >= 4 is 21.9 Å². The summed E-state index contributed by atoms with van der Waals surface area (Å²) < 4.78 is 32.3. The van der Waals surface area contributed by atoms with E-state index in [4.69, 9.17) is 9.52 Å². The monoisotopic (exact) mass is 386 g/mol. The Morgan fingerprint density at radius 3 is 2.46 bits per heavy atom. The Morgan fingerprint density at radius 2 is 1.92 bits per heavy atom. The Kier molecular flexibility index (Phi) is 6.46. The normalized spacial score (nSPS) is 15.5. The number of carbonyl (C=O) groups excluding carboxylic acids is 1. The molecule has 1 fully saturated rings. The van der Waals surface area contributed by atoms with Crippen molar-refractivity contribution in [1.82, 2.24) is 9.21 Å². The molecule has 0 spiro atoms. The van der Waals surface area contributed by atoms with Crippen LogP contribution in [0, 0.1) is 12.8 Å². The van der Waals surface area contributed by atoms with E-state index in [1.54, 1.807) is 0 Å². The average molecular weight is 386 g/mol. The van der Waals surface area contributed by atoms with Crippen LogP contribution < -0.4 is 0 Å². The number of aryl methyl sites for hydroxylation is 1. The van der Waals surface area contributed by atoms with Gasteiger partial charge in [-0.25, -0.2) is 8.42 Å². The second-order valence-corrected chi connectivity index (χ2v) is 8.84. The summed E-state index contributed by atoms with van der Waals surface area (Å²) in [5, 5.41) is 8.88. The molecule has 9 heteroatoms. The number of furan rings is 1. The molecular formula is C17H26N2O6S. The average Bonchev–Trinajstić information content (AvgIpc) is 3.20. The van der Waals surface area contributed by atoms with Crippen LogP contribution in [0.3, 0.4) is 0 Å². The zero-order valence-electron chi connectivity index (χ0n) is 15.4. The summed E-state index contributed by atoms with van der Waals surface area (Å²) >= 11 is 0. The van der Waals surface area contributed by atoms with E-state index in [1.165, 1.54) is 22.2 Å². The van der Waals surface area contributed by atoms with Crippen molar-refractivity contribution in [2.24, 2.45) is 5.92 Å². The molecule has 0 atom stereocenters. The van der Waals surface area contributed by atoms with Crippen LogP contribution in [0.2, 0.25) is 0 Å². The molecule has 0 aromatic carbocycles. The highest BCUT2D eigenvalue weighted by atomic mass is 32.2. The maximum absolute atomic E-state index is 12.7. The molecule has 1 aliphatic rings. The molecule has 146 valence electrons. The fraction of sp³-hybridized carbons (Fsp3) is 0.647. The number of rotatable bonds is 8. The van der Waals surface area contributed by atoms with Crippen molar-refractivity contribution in [1.29, 1.82) is 0 Å². The third-order valence-corrected chi connectivity index (χ3v) is 6.24. The number of amides is 1. The minimum Gasteiger partial charge on any atom is -0.481 e. The van der Waals surface area contributed by atoms with Crippen molar-refractivity contribution in [2.75, 3.05) is 26.2 Å². The quantitative estimate of drug-likeness (QED) is 0.731. The summed E-state index contributed by atoms with van der Waals surface area (Å²) in [6.07, 6.45) is 1.45. The Bertz CT molecular complexity index is 762. The lowest BCUT2D eigenvalue weighted by atomic mass is 10.2. The van der Waals surface area contributed by atoms with Gasteiger partial charge in [0, 0.05) is 32.2 Å². The van der Waals surface area contributed by atoms with Crippen molar-refractivity contribution in [2.45, 2.75) is 44.9 Å². The number of carboxylic acids is 1. The molecule has 1 aliphatic heterocycles. The molecule has 2 rings (SSSR count).